The minimum atomic E-state index is 0.0368. The fraction of sp³-hybridized carbons (Fsp3) is 0.500. The highest BCUT2D eigenvalue weighted by atomic mass is 16.5. The fourth-order valence-electron chi connectivity index (χ4n) is 3.06. The largest absolute Gasteiger partial charge is 0.361 e. The number of carbonyl (C=O) groups is 1. The number of aromatic nitrogens is 1. The standard InChI is InChI=1S/C22H33N5O2/c1-6-19-18(20(7-2)29-27-19)14-25-22(23-5)24-13-16-9-8-10-17(12-16)26-21(28)11-15(3)4/h8-10,12,15H,6-7,11,13-14H2,1-5H3,(H,26,28)(H2,23,24,25). The van der Waals surface area contributed by atoms with Crippen molar-refractivity contribution in [3.8, 4) is 0 Å². The minimum Gasteiger partial charge on any atom is -0.361 e. The van der Waals surface area contributed by atoms with Crippen LogP contribution >= 0.6 is 0 Å². The van der Waals surface area contributed by atoms with Gasteiger partial charge in [-0.15, -0.1) is 0 Å². The number of hydrogen-bond acceptors (Lipinski definition) is 4. The molecule has 0 aliphatic rings. The Balaban J connectivity index is 1.92. The van der Waals surface area contributed by atoms with Crippen LogP contribution in [0.15, 0.2) is 33.8 Å². The van der Waals surface area contributed by atoms with Gasteiger partial charge in [-0.05, 0) is 30.0 Å². The molecular weight excluding hydrogens is 366 g/mol. The Morgan fingerprint density at radius 2 is 1.93 bits per heavy atom. The molecule has 2 rings (SSSR count). The number of rotatable bonds is 9. The number of hydrogen-bond donors (Lipinski definition) is 3. The van der Waals surface area contributed by atoms with Gasteiger partial charge in [0.2, 0.25) is 5.91 Å². The second kappa shape index (κ2) is 11.2. The average molecular weight is 400 g/mol. The molecule has 0 radical (unpaired) electrons. The molecule has 0 atom stereocenters. The van der Waals surface area contributed by atoms with Crippen molar-refractivity contribution in [2.24, 2.45) is 10.9 Å². The van der Waals surface area contributed by atoms with Gasteiger partial charge in [-0.1, -0.05) is 45.0 Å². The van der Waals surface area contributed by atoms with E-state index in [-0.39, 0.29) is 5.91 Å². The second-order valence-electron chi connectivity index (χ2n) is 7.36. The van der Waals surface area contributed by atoms with Crippen LogP contribution in [0.1, 0.15) is 56.7 Å². The molecule has 0 saturated heterocycles. The maximum absolute atomic E-state index is 12.0. The molecule has 3 N–H and O–H groups in total. The SMILES string of the molecule is CCc1noc(CC)c1CNC(=NC)NCc1cccc(NC(=O)CC(C)C)c1. The van der Waals surface area contributed by atoms with Gasteiger partial charge in [-0.3, -0.25) is 9.79 Å². The molecule has 0 bridgehead atoms. The lowest BCUT2D eigenvalue weighted by molar-refractivity contribution is -0.116. The third-order valence-electron chi connectivity index (χ3n) is 4.53. The van der Waals surface area contributed by atoms with Gasteiger partial charge in [0.15, 0.2) is 5.96 Å². The summed E-state index contributed by atoms with van der Waals surface area (Å²) < 4.78 is 5.42. The van der Waals surface area contributed by atoms with Gasteiger partial charge < -0.3 is 20.5 Å². The summed E-state index contributed by atoms with van der Waals surface area (Å²) in [5.41, 5.74) is 3.95. The van der Waals surface area contributed by atoms with Gasteiger partial charge in [-0.2, -0.15) is 0 Å². The first-order valence-electron chi connectivity index (χ1n) is 10.3. The number of benzene rings is 1. The third kappa shape index (κ3) is 6.93. The predicted octanol–water partition coefficient (Wildman–Crippen LogP) is 3.65. The summed E-state index contributed by atoms with van der Waals surface area (Å²) in [5.74, 6) is 1.98. The highest BCUT2D eigenvalue weighted by Crippen LogP contribution is 2.15. The van der Waals surface area contributed by atoms with Gasteiger partial charge in [-0.25, -0.2) is 0 Å². The molecule has 1 heterocycles. The Bertz CT molecular complexity index is 805. The van der Waals surface area contributed by atoms with Gasteiger partial charge in [0.1, 0.15) is 5.76 Å². The van der Waals surface area contributed by atoms with Crippen LogP contribution in [0.4, 0.5) is 5.69 Å². The lowest BCUT2D eigenvalue weighted by Crippen LogP contribution is -2.36. The van der Waals surface area contributed by atoms with Crippen LogP contribution in [0.25, 0.3) is 0 Å². The van der Waals surface area contributed by atoms with Gasteiger partial charge in [0, 0.05) is 44.2 Å². The van der Waals surface area contributed by atoms with Crippen LogP contribution in [-0.2, 0) is 30.7 Å². The number of amides is 1. The summed E-state index contributed by atoms with van der Waals surface area (Å²) in [5, 5.41) is 13.7. The Labute approximate surface area is 173 Å². The van der Waals surface area contributed by atoms with E-state index in [1.165, 1.54) is 0 Å². The van der Waals surface area contributed by atoms with Gasteiger partial charge in [0.25, 0.3) is 0 Å². The van der Waals surface area contributed by atoms with E-state index < -0.39 is 0 Å². The van der Waals surface area contributed by atoms with E-state index in [2.05, 4.69) is 39.9 Å². The van der Waals surface area contributed by atoms with Gasteiger partial charge >= 0.3 is 0 Å². The number of carbonyl (C=O) groups excluding carboxylic acids is 1. The molecule has 1 amide bonds. The van der Waals surface area contributed by atoms with Crippen LogP contribution in [0.5, 0.6) is 0 Å². The Kier molecular flexibility index (Phi) is 8.70. The smallest absolute Gasteiger partial charge is 0.224 e. The van der Waals surface area contributed by atoms with Crippen molar-refractivity contribution in [2.75, 3.05) is 12.4 Å². The number of nitrogens with one attached hydrogen (secondary N) is 3. The Hall–Kier alpha value is -2.83. The van der Waals surface area contributed by atoms with E-state index in [1.54, 1.807) is 7.05 Å². The van der Waals surface area contributed by atoms with E-state index in [0.717, 1.165) is 41.1 Å². The number of anilines is 1. The summed E-state index contributed by atoms with van der Waals surface area (Å²) in [6.45, 7) is 9.40. The maximum Gasteiger partial charge on any atom is 0.224 e. The molecule has 1 aromatic carbocycles. The first kappa shape index (κ1) is 22.5. The third-order valence-corrected chi connectivity index (χ3v) is 4.53. The van der Waals surface area contributed by atoms with E-state index in [0.29, 0.717) is 31.4 Å². The normalized spacial score (nSPS) is 11.6. The summed E-state index contributed by atoms with van der Waals surface area (Å²) >= 11 is 0. The molecule has 2 aromatic rings. The minimum absolute atomic E-state index is 0.0368. The topological polar surface area (TPSA) is 91.6 Å². The van der Waals surface area contributed by atoms with Crippen molar-refractivity contribution >= 4 is 17.6 Å². The monoisotopic (exact) mass is 399 g/mol. The van der Waals surface area contributed by atoms with Crippen molar-refractivity contribution in [2.45, 2.75) is 60.0 Å². The summed E-state index contributed by atoms with van der Waals surface area (Å²) in [6.07, 6.45) is 2.16. The number of nitrogens with zero attached hydrogens (tertiary/aromatic N) is 2. The van der Waals surface area contributed by atoms with Crippen molar-refractivity contribution in [1.82, 2.24) is 15.8 Å². The molecular formula is C22H33N5O2. The molecule has 7 heteroatoms. The van der Waals surface area contributed by atoms with E-state index >= 15 is 0 Å². The van der Waals surface area contributed by atoms with Crippen LogP contribution in [0.3, 0.4) is 0 Å². The summed E-state index contributed by atoms with van der Waals surface area (Å²) in [7, 11) is 1.74. The highest BCUT2D eigenvalue weighted by Gasteiger charge is 2.13. The zero-order valence-corrected chi connectivity index (χ0v) is 18.1. The molecule has 0 aliphatic heterocycles. The molecule has 29 heavy (non-hydrogen) atoms. The van der Waals surface area contributed by atoms with E-state index in [9.17, 15) is 4.79 Å². The van der Waals surface area contributed by atoms with Crippen molar-refractivity contribution in [3.63, 3.8) is 0 Å². The molecule has 1 aromatic heterocycles. The summed E-state index contributed by atoms with van der Waals surface area (Å²) in [6, 6.07) is 7.83. The zero-order valence-electron chi connectivity index (χ0n) is 18.1. The lowest BCUT2D eigenvalue weighted by Gasteiger charge is -2.13. The molecule has 0 unspecified atom stereocenters. The maximum atomic E-state index is 12.0. The first-order valence-corrected chi connectivity index (χ1v) is 10.3. The summed E-state index contributed by atoms with van der Waals surface area (Å²) in [4.78, 5) is 16.3. The molecule has 0 aliphatic carbocycles. The Morgan fingerprint density at radius 1 is 1.17 bits per heavy atom. The lowest BCUT2D eigenvalue weighted by atomic mass is 10.1. The number of aliphatic imine (C=N–C) groups is 1. The van der Waals surface area contributed by atoms with E-state index in [1.807, 2.05) is 38.1 Å². The van der Waals surface area contributed by atoms with Crippen molar-refractivity contribution in [3.05, 3.63) is 46.8 Å². The zero-order chi connectivity index (χ0) is 21.2. The molecule has 158 valence electrons. The molecule has 0 spiro atoms. The van der Waals surface area contributed by atoms with Crippen LogP contribution < -0.4 is 16.0 Å². The predicted molar refractivity (Wildman–Crippen MR) is 117 cm³/mol. The molecule has 7 nitrogen and oxygen atoms in total. The Morgan fingerprint density at radius 3 is 2.59 bits per heavy atom. The van der Waals surface area contributed by atoms with Crippen LogP contribution in [0.2, 0.25) is 0 Å². The number of aryl methyl sites for hydroxylation is 2. The fourth-order valence-corrected chi connectivity index (χ4v) is 3.06. The van der Waals surface area contributed by atoms with Crippen molar-refractivity contribution < 1.29 is 9.32 Å². The molecule has 0 saturated carbocycles. The average Bonchev–Trinajstić information content (AvgIpc) is 3.09. The van der Waals surface area contributed by atoms with E-state index in [4.69, 9.17) is 4.52 Å². The van der Waals surface area contributed by atoms with Crippen LogP contribution in [0, 0.1) is 5.92 Å². The van der Waals surface area contributed by atoms with Crippen LogP contribution in [-0.4, -0.2) is 24.1 Å². The second-order valence-corrected chi connectivity index (χ2v) is 7.36. The number of guanidine groups is 1. The highest BCUT2D eigenvalue weighted by molar-refractivity contribution is 5.90. The van der Waals surface area contributed by atoms with Gasteiger partial charge in [0.05, 0.1) is 5.69 Å². The first-order chi connectivity index (χ1) is 14.0. The van der Waals surface area contributed by atoms with Crippen molar-refractivity contribution in [1.29, 1.82) is 0 Å². The molecule has 0 fully saturated rings. The quantitative estimate of drug-likeness (QED) is 0.442.